The van der Waals surface area contributed by atoms with Crippen LogP contribution in [0.5, 0.6) is 0 Å². The Morgan fingerprint density at radius 1 is 1.64 bits per heavy atom. The van der Waals surface area contributed by atoms with Crippen LogP contribution < -0.4 is 11.3 Å². The highest BCUT2D eigenvalue weighted by Crippen LogP contribution is 2.38. The van der Waals surface area contributed by atoms with E-state index in [1.807, 2.05) is 12.1 Å². The number of nitrogens with zero attached hydrogens (tertiary/aromatic N) is 1. The molecule has 0 bridgehead atoms. The number of pyridine rings is 1. The zero-order valence-electron chi connectivity index (χ0n) is 7.91. The first-order chi connectivity index (χ1) is 6.81. The molecule has 0 aromatic carbocycles. The lowest BCUT2D eigenvalue weighted by Crippen LogP contribution is -2.29. The van der Waals surface area contributed by atoms with Crippen LogP contribution in [0.1, 0.15) is 31.0 Å². The fourth-order valence-corrected chi connectivity index (χ4v) is 2.13. The van der Waals surface area contributed by atoms with Crippen molar-refractivity contribution in [1.29, 1.82) is 0 Å². The van der Waals surface area contributed by atoms with E-state index in [0.717, 1.165) is 22.5 Å². The second kappa shape index (κ2) is 4.38. The summed E-state index contributed by atoms with van der Waals surface area (Å²) in [5.41, 5.74) is 3.85. The summed E-state index contributed by atoms with van der Waals surface area (Å²) >= 11 is 3.49. The molecule has 1 aromatic heterocycles. The Bertz CT molecular complexity index is 312. The van der Waals surface area contributed by atoms with Crippen LogP contribution in [0, 0.1) is 5.92 Å². The Hall–Kier alpha value is -0.450. The molecule has 0 spiro atoms. The molecule has 1 aliphatic carbocycles. The maximum absolute atomic E-state index is 5.54. The van der Waals surface area contributed by atoms with Crippen molar-refractivity contribution in [1.82, 2.24) is 10.4 Å². The van der Waals surface area contributed by atoms with Crippen LogP contribution in [0.25, 0.3) is 0 Å². The van der Waals surface area contributed by atoms with Gasteiger partial charge >= 0.3 is 0 Å². The van der Waals surface area contributed by atoms with Crippen molar-refractivity contribution in [3.8, 4) is 0 Å². The molecule has 0 saturated heterocycles. The number of aromatic nitrogens is 1. The number of rotatable bonds is 4. The van der Waals surface area contributed by atoms with E-state index in [9.17, 15) is 0 Å². The lowest BCUT2D eigenvalue weighted by atomic mass is 10.1. The molecule has 1 unspecified atom stereocenters. The van der Waals surface area contributed by atoms with Crippen LogP contribution >= 0.6 is 15.9 Å². The van der Waals surface area contributed by atoms with Gasteiger partial charge in [-0.15, -0.1) is 0 Å². The maximum atomic E-state index is 5.54. The first-order valence-corrected chi connectivity index (χ1v) is 5.67. The minimum Gasteiger partial charge on any atom is -0.271 e. The SMILES string of the molecule is NNC(CC1CC1)c1ncccc1Br. The van der Waals surface area contributed by atoms with Crippen LogP contribution in [-0.2, 0) is 0 Å². The van der Waals surface area contributed by atoms with E-state index in [1.54, 1.807) is 6.20 Å². The number of hydrogen-bond acceptors (Lipinski definition) is 3. The molecular weight excluding hydrogens is 242 g/mol. The maximum Gasteiger partial charge on any atom is 0.0728 e. The van der Waals surface area contributed by atoms with Gasteiger partial charge in [0.25, 0.3) is 0 Å². The van der Waals surface area contributed by atoms with Crippen LogP contribution in [-0.4, -0.2) is 4.98 Å². The lowest BCUT2D eigenvalue weighted by molar-refractivity contribution is 0.475. The highest BCUT2D eigenvalue weighted by atomic mass is 79.9. The van der Waals surface area contributed by atoms with Gasteiger partial charge in [-0.25, -0.2) is 0 Å². The third-order valence-corrected chi connectivity index (χ3v) is 3.25. The Kier molecular flexibility index (Phi) is 3.15. The van der Waals surface area contributed by atoms with Gasteiger partial charge in [0, 0.05) is 10.7 Å². The summed E-state index contributed by atoms with van der Waals surface area (Å²) < 4.78 is 1.03. The molecule has 1 atom stereocenters. The number of nitrogens with one attached hydrogen (secondary N) is 1. The molecule has 0 aliphatic heterocycles. The second-order valence-electron chi connectivity index (χ2n) is 3.77. The van der Waals surface area contributed by atoms with Crippen molar-refractivity contribution in [3.05, 3.63) is 28.5 Å². The fraction of sp³-hybridized carbons (Fsp3) is 0.500. The summed E-state index contributed by atoms with van der Waals surface area (Å²) in [6.07, 6.45) is 5.56. The van der Waals surface area contributed by atoms with E-state index in [0.29, 0.717) is 0 Å². The number of nitrogens with two attached hydrogens (primary N) is 1. The molecule has 0 radical (unpaired) electrons. The van der Waals surface area contributed by atoms with Crippen LogP contribution in [0.3, 0.4) is 0 Å². The monoisotopic (exact) mass is 255 g/mol. The van der Waals surface area contributed by atoms with E-state index in [2.05, 4.69) is 26.3 Å². The van der Waals surface area contributed by atoms with Gasteiger partial charge in [-0.1, -0.05) is 12.8 Å². The summed E-state index contributed by atoms with van der Waals surface area (Å²) in [6, 6.07) is 4.09. The molecule has 0 amide bonds. The van der Waals surface area contributed by atoms with Crippen molar-refractivity contribution < 1.29 is 0 Å². The minimum atomic E-state index is 0.179. The van der Waals surface area contributed by atoms with E-state index in [4.69, 9.17) is 5.84 Å². The zero-order chi connectivity index (χ0) is 9.97. The van der Waals surface area contributed by atoms with E-state index < -0.39 is 0 Å². The smallest absolute Gasteiger partial charge is 0.0728 e. The van der Waals surface area contributed by atoms with Gasteiger partial charge in [0.05, 0.1) is 11.7 Å². The molecule has 3 nitrogen and oxygen atoms in total. The van der Waals surface area contributed by atoms with E-state index in [1.165, 1.54) is 12.8 Å². The van der Waals surface area contributed by atoms with Crippen molar-refractivity contribution in [2.75, 3.05) is 0 Å². The molecule has 1 heterocycles. The van der Waals surface area contributed by atoms with Crippen LogP contribution in [0.4, 0.5) is 0 Å². The Morgan fingerprint density at radius 2 is 2.43 bits per heavy atom. The third-order valence-electron chi connectivity index (χ3n) is 2.58. The van der Waals surface area contributed by atoms with Gasteiger partial charge < -0.3 is 0 Å². The average molecular weight is 256 g/mol. The standard InChI is InChI=1S/C10H14BrN3/c11-8-2-1-5-13-10(8)9(14-12)6-7-3-4-7/h1-2,5,7,9,14H,3-4,6,12H2. The normalized spacial score (nSPS) is 18.1. The molecule has 3 N–H and O–H groups in total. The highest BCUT2D eigenvalue weighted by molar-refractivity contribution is 9.10. The molecule has 2 rings (SSSR count). The van der Waals surface area contributed by atoms with E-state index >= 15 is 0 Å². The van der Waals surface area contributed by atoms with Crippen LogP contribution in [0.15, 0.2) is 22.8 Å². The molecule has 1 saturated carbocycles. The van der Waals surface area contributed by atoms with Crippen molar-refractivity contribution in [2.24, 2.45) is 11.8 Å². The van der Waals surface area contributed by atoms with Crippen LogP contribution in [0.2, 0.25) is 0 Å². The Balaban J connectivity index is 2.12. The Morgan fingerprint density at radius 3 is 3.00 bits per heavy atom. The molecule has 4 heteroatoms. The first-order valence-electron chi connectivity index (χ1n) is 4.88. The van der Waals surface area contributed by atoms with Gasteiger partial charge in [0.1, 0.15) is 0 Å². The van der Waals surface area contributed by atoms with Crippen molar-refractivity contribution >= 4 is 15.9 Å². The quantitative estimate of drug-likeness (QED) is 0.641. The van der Waals surface area contributed by atoms with Gasteiger partial charge in [-0.3, -0.25) is 16.3 Å². The van der Waals surface area contributed by atoms with Gasteiger partial charge in [-0.05, 0) is 40.4 Å². The Labute approximate surface area is 92.2 Å². The van der Waals surface area contributed by atoms with Crippen molar-refractivity contribution in [2.45, 2.75) is 25.3 Å². The van der Waals surface area contributed by atoms with Gasteiger partial charge in [0.15, 0.2) is 0 Å². The molecular formula is C10H14BrN3. The van der Waals surface area contributed by atoms with E-state index in [-0.39, 0.29) is 6.04 Å². The summed E-state index contributed by atoms with van der Waals surface area (Å²) in [7, 11) is 0. The molecule has 76 valence electrons. The summed E-state index contributed by atoms with van der Waals surface area (Å²) in [4.78, 5) is 4.34. The second-order valence-corrected chi connectivity index (χ2v) is 4.62. The fourth-order valence-electron chi connectivity index (χ4n) is 1.60. The molecule has 1 aliphatic rings. The topological polar surface area (TPSA) is 50.9 Å². The minimum absolute atomic E-state index is 0.179. The number of hydrazine groups is 1. The lowest BCUT2D eigenvalue weighted by Gasteiger charge is -2.15. The molecule has 14 heavy (non-hydrogen) atoms. The molecule has 1 fully saturated rings. The molecule has 1 aromatic rings. The zero-order valence-corrected chi connectivity index (χ0v) is 9.50. The average Bonchev–Trinajstić information content (AvgIpc) is 2.99. The summed E-state index contributed by atoms with van der Waals surface area (Å²) in [5, 5.41) is 0. The first kappa shape index (κ1) is 10.1. The number of hydrogen-bond donors (Lipinski definition) is 2. The highest BCUT2D eigenvalue weighted by Gasteiger charge is 2.27. The predicted octanol–water partition coefficient (Wildman–Crippen LogP) is 2.15. The summed E-state index contributed by atoms with van der Waals surface area (Å²) in [6.45, 7) is 0. The van der Waals surface area contributed by atoms with Gasteiger partial charge in [-0.2, -0.15) is 0 Å². The van der Waals surface area contributed by atoms with Crippen molar-refractivity contribution in [3.63, 3.8) is 0 Å². The number of halogens is 1. The third kappa shape index (κ3) is 2.32. The van der Waals surface area contributed by atoms with Gasteiger partial charge in [0.2, 0.25) is 0 Å². The largest absolute Gasteiger partial charge is 0.271 e. The predicted molar refractivity (Wildman–Crippen MR) is 59.3 cm³/mol. The summed E-state index contributed by atoms with van der Waals surface area (Å²) in [5.74, 6) is 6.38.